The monoisotopic (exact) mass is 486 g/mol. The summed E-state index contributed by atoms with van der Waals surface area (Å²) in [6.45, 7) is 4.58. The molecule has 0 fully saturated rings. The molecule has 0 atom stereocenters. The number of benzene rings is 2. The number of ether oxygens (including phenoxy) is 2. The van der Waals surface area contributed by atoms with Gasteiger partial charge < -0.3 is 9.47 Å². The molecule has 32 heavy (non-hydrogen) atoms. The average molecular weight is 487 g/mol. The maximum atomic E-state index is 13.6. The highest BCUT2D eigenvalue weighted by Gasteiger charge is 2.19. The number of rotatable bonds is 8. The summed E-state index contributed by atoms with van der Waals surface area (Å²) < 4.78 is 12.9. The number of hydrogen-bond acceptors (Lipinski definition) is 6. The maximum Gasteiger partial charge on any atom is 0.267 e. The molecule has 0 spiro atoms. The Labute approximate surface area is 200 Å². The fourth-order valence-corrected chi connectivity index (χ4v) is 5.56. The number of thioether (sulfide) groups is 1. The van der Waals surface area contributed by atoms with Crippen molar-refractivity contribution in [2.45, 2.75) is 25.4 Å². The molecule has 0 saturated carbocycles. The minimum Gasteiger partial charge on any atom is -0.497 e. The van der Waals surface area contributed by atoms with Crippen molar-refractivity contribution in [2.75, 3.05) is 19.5 Å². The van der Waals surface area contributed by atoms with Gasteiger partial charge in [-0.05, 0) is 55.3 Å². The Morgan fingerprint density at radius 3 is 2.66 bits per heavy atom. The lowest BCUT2D eigenvalue weighted by Gasteiger charge is -2.13. The normalized spacial score (nSPS) is 11.1. The van der Waals surface area contributed by atoms with Gasteiger partial charge in [0.2, 0.25) is 0 Å². The maximum absolute atomic E-state index is 13.6. The first-order valence-corrected chi connectivity index (χ1v) is 12.4. The van der Waals surface area contributed by atoms with Crippen LogP contribution in [0.2, 0.25) is 5.02 Å². The number of fused-ring (bicyclic) bond motifs is 1. The Morgan fingerprint density at radius 1 is 1.16 bits per heavy atom. The third kappa shape index (κ3) is 4.65. The lowest BCUT2D eigenvalue weighted by atomic mass is 10.2. The van der Waals surface area contributed by atoms with Crippen LogP contribution < -0.4 is 15.0 Å². The summed E-state index contributed by atoms with van der Waals surface area (Å²) in [5.74, 6) is 2.08. The number of hydrogen-bond donors (Lipinski definition) is 0. The highest BCUT2D eigenvalue weighted by atomic mass is 35.5. The average Bonchev–Trinajstić information content (AvgIpc) is 3.13. The quantitative estimate of drug-likeness (QED) is 0.170. The van der Waals surface area contributed by atoms with Crippen molar-refractivity contribution in [3.8, 4) is 17.2 Å². The largest absolute Gasteiger partial charge is 0.497 e. The number of aryl methyl sites for hydroxylation is 2. The first kappa shape index (κ1) is 22.7. The molecule has 0 aliphatic rings. The highest BCUT2D eigenvalue weighted by molar-refractivity contribution is 7.99. The van der Waals surface area contributed by atoms with Crippen molar-refractivity contribution >= 4 is 44.9 Å². The standard InChI is InChI=1S/C24H23ClN2O3S2/c1-4-20-15(2)21-22(32-20)26-24(31-13-12-30-18-10-8-16(25)9-11-18)27(23(21)28)17-6-5-7-19(14-17)29-3/h5-11,14H,4,12-13H2,1-3H3. The van der Waals surface area contributed by atoms with Gasteiger partial charge in [-0.2, -0.15) is 0 Å². The summed E-state index contributed by atoms with van der Waals surface area (Å²) in [6.07, 6.45) is 0.878. The van der Waals surface area contributed by atoms with Crippen LogP contribution in [0.15, 0.2) is 58.5 Å². The number of nitrogens with zero attached hydrogens (tertiary/aromatic N) is 2. The summed E-state index contributed by atoms with van der Waals surface area (Å²) in [5.41, 5.74) is 1.69. The molecule has 0 N–H and O–H groups in total. The fourth-order valence-electron chi connectivity index (χ4n) is 3.44. The van der Waals surface area contributed by atoms with E-state index in [1.54, 1.807) is 35.1 Å². The summed E-state index contributed by atoms with van der Waals surface area (Å²) in [7, 11) is 1.61. The van der Waals surface area contributed by atoms with E-state index in [0.717, 1.165) is 28.3 Å². The molecule has 0 bridgehead atoms. The zero-order valence-corrected chi connectivity index (χ0v) is 20.4. The van der Waals surface area contributed by atoms with Gasteiger partial charge in [-0.15, -0.1) is 11.3 Å². The number of methoxy groups -OCH3 is 1. The van der Waals surface area contributed by atoms with Crippen LogP contribution in [0.25, 0.3) is 15.9 Å². The molecule has 0 aliphatic heterocycles. The number of halogens is 1. The van der Waals surface area contributed by atoms with Crippen LogP contribution in [0.4, 0.5) is 0 Å². The van der Waals surface area contributed by atoms with Crippen LogP contribution in [0.5, 0.6) is 11.5 Å². The molecular weight excluding hydrogens is 464 g/mol. The van der Waals surface area contributed by atoms with Gasteiger partial charge in [0.25, 0.3) is 5.56 Å². The van der Waals surface area contributed by atoms with Crippen LogP contribution in [-0.4, -0.2) is 29.0 Å². The van der Waals surface area contributed by atoms with Crippen molar-refractivity contribution in [1.29, 1.82) is 0 Å². The Kier molecular flexibility index (Phi) is 7.08. The van der Waals surface area contributed by atoms with Crippen molar-refractivity contribution in [3.05, 3.63) is 74.3 Å². The van der Waals surface area contributed by atoms with E-state index in [1.165, 1.54) is 16.6 Å². The summed E-state index contributed by atoms with van der Waals surface area (Å²) in [5, 5.41) is 2.00. The summed E-state index contributed by atoms with van der Waals surface area (Å²) in [4.78, 5) is 20.5. The lowest BCUT2D eigenvalue weighted by Crippen LogP contribution is -2.22. The molecule has 0 saturated heterocycles. The van der Waals surface area contributed by atoms with Gasteiger partial charge in [-0.25, -0.2) is 4.98 Å². The van der Waals surface area contributed by atoms with E-state index in [4.69, 9.17) is 26.1 Å². The fraction of sp³-hybridized carbons (Fsp3) is 0.250. The molecule has 4 aromatic rings. The zero-order chi connectivity index (χ0) is 22.7. The predicted octanol–water partition coefficient (Wildman–Crippen LogP) is 6.15. The van der Waals surface area contributed by atoms with Gasteiger partial charge in [0.15, 0.2) is 5.16 Å². The van der Waals surface area contributed by atoms with Crippen LogP contribution in [0, 0.1) is 6.92 Å². The minimum atomic E-state index is -0.0576. The molecule has 8 heteroatoms. The van der Waals surface area contributed by atoms with E-state index in [2.05, 4.69) is 6.92 Å². The first-order chi connectivity index (χ1) is 15.5. The Morgan fingerprint density at radius 2 is 1.94 bits per heavy atom. The lowest BCUT2D eigenvalue weighted by molar-refractivity contribution is 0.344. The van der Waals surface area contributed by atoms with Gasteiger partial charge in [-0.1, -0.05) is 36.4 Å². The Bertz CT molecular complexity index is 1300. The SMILES string of the molecule is CCc1sc2nc(SCCOc3ccc(Cl)cc3)n(-c3cccc(OC)c3)c(=O)c2c1C. The van der Waals surface area contributed by atoms with Crippen LogP contribution >= 0.6 is 34.7 Å². The van der Waals surface area contributed by atoms with Crippen LogP contribution in [0.1, 0.15) is 17.4 Å². The molecule has 0 radical (unpaired) electrons. The van der Waals surface area contributed by atoms with Gasteiger partial charge in [0.05, 0.1) is 24.8 Å². The molecule has 0 amide bonds. The number of aromatic nitrogens is 2. The molecule has 2 heterocycles. The second-order valence-electron chi connectivity index (χ2n) is 7.07. The van der Waals surface area contributed by atoms with E-state index in [0.29, 0.717) is 33.7 Å². The molecule has 2 aromatic carbocycles. The van der Waals surface area contributed by atoms with Crippen LogP contribution in [-0.2, 0) is 6.42 Å². The minimum absolute atomic E-state index is 0.0576. The Balaban J connectivity index is 1.69. The smallest absolute Gasteiger partial charge is 0.267 e. The first-order valence-electron chi connectivity index (χ1n) is 10.2. The van der Waals surface area contributed by atoms with Crippen molar-refractivity contribution < 1.29 is 9.47 Å². The van der Waals surface area contributed by atoms with Crippen molar-refractivity contribution in [3.63, 3.8) is 0 Å². The summed E-state index contributed by atoms with van der Waals surface area (Å²) >= 11 is 9.02. The van der Waals surface area contributed by atoms with Gasteiger partial charge in [-0.3, -0.25) is 9.36 Å². The molecular formula is C24H23ClN2O3S2. The van der Waals surface area contributed by atoms with Crippen molar-refractivity contribution in [1.82, 2.24) is 9.55 Å². The summed E-state index contributed by atoms with van der Waals surface area (Å²) in [6, 6.07) is 14.8. The van der Waals surface area contributed by atoms with Crippen molar-refractivity contribution in [2.24, 2.45) is 0 Å². The van der Waals surface area contributed by atoms with Gasteiger partial charge in [0.1, 0.15) is 16.3 Å². The highest BCUT2D eigenvalue weighted by Crippen LogP contribution is 2.31. The molecule has 0 aliphatic carbocycles. The van der Waals surface area contributed by atoms with Gasteiger partial charge >= 0.3 is 0 Å². The van der Waals surface area contributed by atoms with E-state index in [1.807, 2.05) is 43.3 Å². The second kappa shape index (κ2) is 9.98. The van der Waals surface area contributed by atoms with E-state index < -0.39 is 0 Å². The molecule has 0 unspecified atom stereocenters. The van der Waals surface area contributed by atoms with Gasteiger partial charge in [0, 0.05) is 21.7 Å². The van der Waals surface area contributed by atoms with E-state index in [-0.39, 0.29) is 5.56 Å². The molecule has 5 nitrogen and oxygen atoms in total. The topological polar surface area (TPSA) is 53.4 Å². The molecule has 166 valence electrons. The Hall–Kier alpha value is -2.48. The predicted molar refractivity (Wildman–Crippen MR) is 134 cm³/mol. The third-order valence-electron chi connectivity index (χ3n) is 5.06. The molecule has 2 aromatic heterocycles. The van der Waals surface area contributed by atoms with E-state index in [9.17, 15) is 4.79 Å². The van der Waals surface area contributed by atoms with E-state index >= 15 is 0 Å². The number of thiophene rings is 1. The third-order valence-corrected chi connectivity index (χ3v) is 7.55. The second-order valence-corrected chi connectivity index (χ2v) is 9.65. The zero-order valence-electron chi connectivity index (χ0n) is 18.1. The molecule has 4 rings (SSSR count). The van der Waals surface area contributed by atoms with Crippen LogP contribution in [0.3, 0.4) is 0 Å².